The molecule has 2 heterocycles. The summed E-state index contributed by atoms with van der Waals surface area (Å²) in [5, 5.41) is 3.48. The number of benzene rings is 2. The van der Waals surface area contributed by atoms with Crippen LogP contribution in [0.4, 0.5) is 11.4 Å². The van der Waals surface area contributed by atoms with Crippen molar-refractivity contribution in [3.8, 4) is 0 Å². The summed E-state index contributed by atoms with van der Waals surface area (Å²) in [6.07, 6.45) is 3.62. The first-order chi connectivity index (χ1) is 13.1. The fourth-order valence-electron chi connectivity index (χ4n) is 3.48. The summed E-state index contributed by atoms with van der Waals surface area (Å²) in [6.45, 7) is 2.01. The monoisotopic (exact) mass is 401 g/mol. The fourth-order valence-corrected chi connectivity index (χ4v) is 4.67. The van der Waals surface area contributed by atoms with E-state index in [1.165, 1.54) is 23.8 Å². The van der Waals surface area contributed by atoms with Crippen LogP contribution in [-0.4, -0.2) is 23.6 Å². The Morgan fingerprint density at radius 2 is 1.89 bits per heavy atom. The number of carbonyl (C=O) groups excluding carboxylic acids is 1. The van der Waals surface area contributed by atoms with Crippen LogP contribution in [0.2, 0.25) is 5.02 Å². The van der Waals surface area contributed by atoms with Crippen LogP contribution in [0.15, 0.2) is 47.3 Å². The Morgan fingerprint density at radius 1 is 1.11 bits per heavy atom. The highest BCUT2D eigenvalue weighted by Gasteiger charge is 2.15. The normalized spacial score (nSPS) is 14.5. The van der Waals surface area contributed by atoms with E-state index in [9.17, 15) is 9.59 Å². The minimum atomic E-state index is -0.248. The quantitative estimate of drug-likeness (QED) is 0.707. The summed E-state index contributed by atoms with van der Waals surface area (Å²) in [6, 6.07) is 13.1. The number of hydrogen-bond acceptors (Lipinski definition) is 4. The van der Waals surface area contributed by atoms with E-state index < -0.39 is 0 Å². The summed E-state index contributed by atoms with van der Waals surface area (Å²) in [5.41, 5.74) is 2.42. The Hall–Kier alpha value is -2.31. The first kappa shape index (κ1) is 18.1. The van der Waals surface area contributed by atoms with Gasteiger partial charge in [0, 0.05) is 18.8 Å². The van der Waals surface area contributed by atoms with Crippen molar-refractivity contribution < 1.29 is 4.79 Å². The van der Waals surface area contributed by atoms with E-state index in [2.05, 4.69) is 10.2 Å². The predicted octanol–water partition coefficient (Wildman–Crippen LogP) is 4.35. The molecule has 0 spiro atoms. The van der Waals surface area contributed by atoms with Crippen LogP contribution in [0, 0.1) is 0 Å². The van der Waals surface area contributed by atoms with Gasteiger partial charge in [0.15, 0.2) is 0 Å². The molecule has 1 aromatic heterocycles. The van der Waals surface area contributed by atoms with E-state index in [0.29, 0.717) is 10.7 Å². The molecule has 4 rings (SSSR count). The van der Waals surface area contributed by atoms with Gasteiger partial charge >= 0.3 is 4.87 Å². The molecule has 0 radical (unpaired) electrons. The summed E-state index contributed by atoms with van der Waals surface area (Å²) in [5.74, 6) is -0.248. The second kappa shape index (κ2) is 7.74. The Kier molecular flexibility index (Phi) is 5.18. The summed E-state index contributed by atoms with van der Waals surface area (Å²) in [4.78, 5) is 26.8. The lowest BCUT2D eigenvalue weighted by Gasteiger charge is -2.29. The van der Waals surface area contributed by atoms with Gasteiger partial charge in [-0.2, -0.15) is 0 Å². The topological polar surface area (TPSA) is 54.3 Å². The number of hydrogen-bond donors (Lipinski definition) is 1. The minimum absolute atomic E-state index is 0.0195. The first-order valence-electron chi connectivity index (χ1n) is 9.04. The Morgan fingerprint density at radius 3 is 2.67 bits per heavy atom. The molecule has 5 nitrogen and oxygen atoms in total. The van der Waals surface area contributed by atoms with Crippen LogP contribution in [0.5, 0.6) is 0 Å². The number of fused-ring (bicyclic) bond motifs is 1. The van der Waals surface area contributed by atoms with Gasteiger partial charge in [0.1, 0.15) is 6.54 Å². The standard InChI is InChI=1S/C20H20ClN3O2S/c21-15-12-14(8-9-16(15)23-10-4-1-5-11-23)22-19(25)13-24-17-6-2-3-7-18(17)27-20(24)26/h2-3,6-9,12H,1,4-5,10-11,13H2,(H,22,25). The highest BCUT2D eigenvalue weighted by atomic mass is 35.5. The molecule has 0 atom stereocenters. The van der Waals surface area contributed by atoms with Crippen LogP contribution < -0.4 is 15.1 Å². The van der Waals surface area contributed by atoms with Gasteiger partial charge in [-0.25, -0.2) is 0 Å². The Balaban J connectivity index is 1.48. The molecular formula is C20H20ClN3O2S. The van der Waals surface area contributed by atoms with Crippen molar-refractivity contribution >= 4 is 50.4 Å². The predicted molar refractivity (Wildman–Crippen MR) is 112 cm³/mol. The zero-order valence-electron chi connectivity index (χ0n) is 14.8. The number of halogens is 1. The second-order valence-corrected chi connectivity index (χ2v) is 8.08. The van der Waals surface area contributed by atoms with E-state index in [4.69, 9.17) is 11.6 Å². The number of carbonyl (C=O) groups is 1. The van der Waals surface area contributed by atoms with Crippen LogP contribution in [0.3, 0.4) is 0 Å². The van der Waals surface area contributed by atoms with Crippen LogP contribution >= 0.6 is 22.9 Å². The molecule has 1 amide bonds. The largest absolute Gasteiger partial charge is 0.370 e. The minimum Gasteiger partial charge on any atom is -0.370 e. The molecule has 0 aliphatic carbocycles. The number of nitrogens with one attached hydrogen (secondary N) is 1. The number of thiazole rings is 1. The highest BCUT2D eigenvalue weighted by Crippen LogP contribution is 2.30. The number of para-hydroxylation sites is 1. The molecule has 0 bridgehead atoms. The molecule has 1 aliphatic rings. The van der Waals surface area contributed by atoms with Crippen molar-refractivity contribution in [3.63, 3.8) is 0 Å². The van der Waals surface area contributed by atoms with Crippen molar-refractivity contribution in [1.82, 2.24) is 4.57 Å². The molecule has 27 heavy (non-hydrogen) atoms. The van der Waals surface area contributed by atoms with Gasteiger partial charge in [-0.1, -0.05) is 35.1 Å². The van der Waals surface area contributed by atoms with Crippen LogP contribution in [-0.2, 0) is 11.3 Å². The zero-order chi connectivity index (χ0) is 18.8. The maximum Gasteiger partial charge on any atom is 0.308 e. The van der Waals surface area contributed by atoms with Gasteiger partial charge in [0.25, 0.3) is 0 Å². The third-order valence-corrected chi connectivity index (χ3v) is 6.07. The van der Waals surface area contributed by atoms with E-state index >= 15 is 0 Å². The van der Waals surface area contributed by atoms with Gasteiger partial charge in [0.2, 0.25) is 5.91 Å². The molecule has 140 valence electrons. The molecule has 3 aromatic rings. The Bertz CT molecular complexity index is 1040. The molecule has 0 unspecified atom stereocenters. The van der Waals surface area contributed by atoms with Crippen molar-refractivity contribution in [2.45, 2.75) is 25.8 Å². The lowest BCUT2D eigenvalue weighted by Crippen LogP contribution is -2.29. The van der Waals surface area contributed by atoms with Crippen molar-refractivity contribution in [2.75, 3.05) is 23.3 Å². The molecule has 2 aromatic carbocycles. The lowest BCUT2D eigenvalue weighted by atomic mass is 10.1. The van der Waals surface area contributed by atoms with Crippen molar-refractivity contribution in [1.29, 1.82) is 0 Å². The zero-order valence-corrected chi connectivity index (χ0v) is 16.4. The van der Waals surface area contributed by atoms with Crippen LogP contribution in [0.25, 0.3) is 10.2 Å². The van der Waals surface area contributed by atoms with Gasteiger partial charge < -0.3 is 10.2 Å². The number of aromatic nitrogens is 1. The van der Waals surface area contributed by atoms with Gasteiger partial charge in [-0.3, -0.25) is 14.2 Å². The smallest absolute Gasteiger partial charge is 0.308 e. The summed E-state index contributed by atoms with van der Waals surface area (Å²) < 4.78 is 2.38. The van der Waals surface area contributed by atoms with Gasteiger partial charge in [-0.15, -0.1) is 0 Å². The molecule has 0 saturated carbocycles. The van der Waals surface area contributed by atoms with E-state index in [1.54, 1.807) is 6.07 Å². The average Bonchev–Trinajstić information content (AvgIpc) is 2.98. The van der Waals surface area contributed by atoms with Crippen molar-refractivity contribution in [2.24, 2.45) is 0 Å². The maximum absolute atomic E-state index is 12.5. The molecular weight excluding hydrogens is 382 g/mol. The second-order valence-electron chi connectivity index (χ2n) is 6.68. The molecule has 1 aliphatic heterocycles. The van der Waals surface area contributed by atoms with Crippen molar-refractivity contribution in [3.05, 3.63) is 57.2 Å². The third-order valence-electron chi connectivity index (χ3n) is 4.80. The van der Waals surface area contributed by atoms with E-state index in [1.807, 2.05) is 36.4 Å². The number of anilines is 2. The van der Waals surface area contributed by atoms with Crippen LogP contribution in [0.1, 0.15) is 19.3 Å². The summed E-state index contributed by atoms with van der Waals surface area (Å²) in [7, 11) is 0. The molecule has 1 fully saturated rings. The molecule has 1 saturated heterocycles. The Labute approximate surface area is 166 Å². The fraction of sp³-hybridized carbons (Fsp3) is 0.300. The number of rotatable bonds is 4. The SMILES string of the molecule is O=C(Cn1c(=O)sc2ccccc21)Nc1ccc(N2CCCCC2)c(Cl)c1. The van der Waals surface area contributed by atoms with E-state index in [0.717, 1.165) is 40.3 Å². The lowest BCUT2D eigenvalue weighted by molar-refractivity contribution is -0.116. The number of piperidine rings is 1. The van der Waals surface area contributed by atoms with Gasteiger partial charge in [-0.05, 0) is 49.6 Å². The molecule has 7 heteroatoms. The highest BCUT2D eigenvalue weighted by molar-refractivity contribution is 7.16. The number of amides is 1. The number of nitrogens with zero attached hydrogens (tertiary/aromatic N) is 2. The van der Waals surface area contributed by atoms with E-state index in [-0.39, 0.29) is 17.3 Å². The first-order valence-corrected chi connectivity index (χ1v) is 10.2. The summed E-state index contributed by atoms with van der Waals surface area (Å²) >= 11 is 7.59. The van der Waals surface area contributed by atoms with Gasteiger partial charge in [0.05, 0.1) is 20.9 Å². The molecule has 1 N–H and O–H groups in total. The maximum atomic E-state index is 12.5. The third kappa shape index (κ3) is 3.87. The average molecular weight is 402 g/mol.